The van der Waals surface area contributed by atoms with Crippen molar-refractivity contribution in [3.8, 4) is 17.2 Å². The van der Waals surface area contributed by atoms with E-state index in [1.54, 1.807) is 26.0 Å². The number of fused-ring (bicyclic) bond motifs is 1. The van der Waals surface area contributed by atoms with Gasteiger partial charge in [0.1, 0.15) is 23.6 Å². The highest BCUT2D eigenvalue weighted by Crippen LogP contribution is 2.44. The molecule has 0 spiro atoms. The van der Waals surface area contributed by atoms with Crippen LogP contribution in [0.15, 0.2) is 12.1 Å². The fourth-order valence-electron chi connectivity index (χ4n) is 2.09. The standard InChI is InChI=1S/C13H18O5/c1-13(2)12(15)11(14)7-5-9(16-3)10(17-4)6-8(7)18-13/h5-6,11-12,14-15H,1-4H3/t11-,12+/m0/s1. The first-order valence-corrected chi connectivity index (χ1v) is 5.71. The lowest BCUT2D eigenvalue weighted by Crippen LogP contribution is -2.48. The van der Waals surface area contributed by atoms with Gasteiger partial charge in [0.15, 0.2) is 11.5 Å². The molecule has 0 bridgehead atoms. The van der Waals surface area contributed by atoms with Crippen molar-refractivity contribution < 1.29 is 24.4 Å². The van der Waals surface area contributed by atoms with Crippen LogP contribution in [0.25, 0.3) is 0 Å². The molecule has 0 unspecified atom stereocenters. The molecule has 0 aromatic heterocycles. The molecule has 0 fully saturated rings. The maximum absolute atomic E-state index is 10.1. The molecule has 1 aromatic carbocycles. The highest BCUT2D eigenvalue weighted by Gasteiger charge is 2.42. The first-order chi connectivity index (χ1) is 8.40. The number of aliphatic hydroxyl groups is 2. The molecule has 1 heterocycles. The van der Waals surface area contributed by atoms with E-state index in [-0.39, 0.29) is 0 Å². The van der Waals surface area contributed by atoms with Gasteiger partial charge >= 0.3 is 0 Å². The number of rotatable bonds is 2. The lowest BCUT2D eigenvalue weighted by atomic mass is 9.88. The van der Waals surface area contributed by atoms with Crippen LogP contribution in [0.5, 0.6) is 17.2 Å². The van der Waals surface area contributed by atoms with Gasteiger partial charge in [0.05, 0.1) is 14.2 Å². The molecule has 1 aromatic rings. The molecule has 0 saturated heterocycles. The van der Waals surface area contributed by atoms with Crippen LogP contribution in [0.1, 0.15) is 25.5 Å². The summed E-state index contributed by atoms with van der Waals surface area (Å²) in [7, 11) is 3.05. The fourth-order valence-corrected chi connectivity index (χ4v) is 2.09. The van der Waals surface area contributed by atoms with Crippen molar-refractivity contribution >= 4 is 0 Å². The summed E-state index contributed by atoms with van der Waals surface area (Å²) in [5, 5.41) is 20.1. The Bertz CT molecular complexity index is 455. The van der Waals surface area contributed by atoms with Crippen LogP contribution in [0.3, 0.4) is 0 Å². The summed E-state index contributed by atoms with van der Waals surface area (Å²) in [6.45, 7) is 3.45. The van der Waals surface area contributed by atoms with Crippen LogP contribution in [-0.2, 0) is 0 Å². The van der Waals surface area contributed by atoms with E-state index in [1.165, 1.54) is 14.2 Å². The molecule has 2 atom stereocenters. The second-order valence-corrected chi connectivity index (χ2v) is 4.84. The largest absolute Gasteiger partial charge is 0.493 e. The molecule has 0 amide bonds. The average molecular weight is 254 g/mol. The first kappa shape index (κ1) is 13.0. The van der Waals surface area contributed by atoms with Gasteiger partial charge in [0.25, 0.3) is 0 Å². The number of hydrogen-bond donors (Lipinski definition) is 2. The van der Waals surface area contributed by atoms with Crippen molar-refractivity contribution in [3.05, 3.63) is 17.7 Å². The van der Waals surface area contributed by atoms with E-state index < -0.39 is 17.8 Å². The molecule has 5 nitrogen and oxygen atoms in total. The predicted molar refractivity (Wildman–Crippen MR) is 65.2 cm³/mol. The Hall–Kier alpha value is -1.46. The Balaban J connectivity index is 2.54. The third-order valence-corrected chi connectivity index (χ3v) is 3.22. The van der Waals surface area contributed by atoms with Crippen molar-refractivity contribution in [1.29, 1.82) is 0 Å². The summed E-state index contributed by atoms with van der Waals surface area (Å²) in [6.07, 6.45) is -2.01. The summed E-state index contributed by atoms with van der Waals surface area (Å²) in [5.74, 6) is 1.51. The Kier molecular flexibility index (Phi) is 3.12. The van der Waals surface area contributed by atoms with Gasteiger partial charge in [-0.05, 0) is 19.9 Å². The summed E-state index contributed by atoms with van der Waals surface area (Å²) >= 11 is 0. The zero-order chi connectivity index (χ0) is 13.5. The lowest BCUT2D eigenvalue weighted by molar-refractivity contribution is -0.111. The fraction of sp³-hybridized carbons (Fsp3) is 0.538. The second-order valence-electron chi connectivity index (χ2n) is 4.84. The Morgan fingerprint density at radius 2 is 1.67 bits per heavy atom. The number of methoxy groups -OCH3 is 2. The number of benzene rings is 1. The Labute approximate surface area is 106 Å². The third kappa shape index (κ3) is 1.89. The van der Waals surface area contributed by atoms with Crippen LogP contribution in [-0.4, -0.2) is 36.1 Å². The van der Waals surface area contributed by atoms with Crippen molar-refractivity contribution in [2.45, 2.75) is 31.7 Å². The van der Waals surface area contributed by atoms with Gasteiger partial charge < -0.3 is 24.4 Å². The molecule has 0 radical (unpaired) electrons. The van der Waals surface area contributed by atoms with Crippen LogP contribution < -0.4 is 14.2 Å². The van der Waals surface area contributed by atoms with Crippen LogP contribution in [0, 0.1) is 0 Å². The predicted octanol–water partition coefficient (Wildman–Crippen LogP) is 1.27. The molecule has 0 saturated carbocycles. The van der Waals surface area contributed by atoms with Gasteiger partial charge in [-0.3, -0.25) is 0 Å². The third-order valence-electron chi connectivity index (χ3n) is 3.22. The first-order valence-electron chi connectivity index (χ1n) is 5.71. The summed E-state index contributed by atoms with van der Waals surface area (Å²) in [4.78, 5) is 0. The SMILES string of the molecule is COc1cc2c(cc1OC)[C@H](O)[C@@H](O)C(C)(C)O2. The van der Waals surface area contributed by atoms with Gasteiger partial charge in [-0.1, -0.05) is 0 Å². The minimum Gasteiger partial charge on any atom is -0.493 e. The molecule has 2 N–H and O–H groups in total. The minimum absolute atomic E-state index is 0.491. The summed E-state index contributed by atoms with van der Waals surface area (Å²) in [5.41, 5.74) is -0.356. The maximum Gasteiger partial charge on any atom is 0.164 e. The number of aliphatic hydroxyl groups excluding tert-OH is 2. The Morgan fingerprint density at radius 1 is 1.11 bits per heavy atom. The molecule has 18 heavy (non-hydrogen) atoms. The van der Waals surface area contributed by atoms with E-state index in [9.17, 15) is 10.2 Å². The minimum atomic E-state index is -1.01. The quantitative estimate of drug-likeness (QED) is 0.832. The normalized spacial score (nSPS) is 25.0. The molecule has 2 rings (SSSR count). The number of hydrogen-bond acceptors (Lipinski definition) is 5. The van der Waals surface area contributed by atoms with E-state index in [0.29, 0.717) is 22.8 Å². The Morgan fingerprint density at radius 3 is 2.22 bits per heavy atom. The van der Waals surface area contributed by atoms with Gasteiger partial charge in [-0.2, -0.15) is 0 Å². The molecular formula is C13H18O5. The molecule has 1 aliphatic rings. The van der Waals surface area contributed by atoms with Crippen LogP contribution in [0.4, 0.5) is 0 Å². The summed E-state index contributed by atoms with van der Waals surface area (Å²) < 4.78 is 16.0. The monoisotopic (exact) mass is 254 g/mol. The van der Waals surface area contributed by atoms with Crippen LogP contribution in [0.2, 0.25) is 0 Å². The van der Waals surface area contributed by atoms with E-state index >= 15 is 0 Å². The van der Waals surface area contributed by atoms with Crippen molar-refractivity contribution in [3.63, 3.8) is 0 Å². The topological polar surface area (TPSA) is 68.2 Å². The van der Waals surface area contributed by atoms with Gasteiger partial charge in [-0.25, -0.2) is 0 Å². The molecule has 100 valence electrons. The molecule has 0 aliphatic carbocycles. The second kappa shape index (κ2) is 4.33. The van der Waals surface area contributed by atoms with E-state index in [1.807, 2.05) is 0 Å². The van der Waals surface area contributed by atoms with Crippen molar-refractivity contribution in [2.75, 3.05) is 14.2 Å². The van der Waals surface area contributed by atoms with Crippen molar-refractivity contribution in [1.82, 2.24) is 0 Å². The lowest BCUT2D eigenvalue weighted by Gasteiger charge is -2.40. The maximum atomic E-state index is 10.1. The smallest absolute Gasteiger partial charge is 0.164 e. The average Bonchev–Trinajstić information content (AvgIpc) is 2.34. The zero-order valence-corrected chi connectivity index (χ0v) is 10.9. The zero-order valence-electron chi connectivity index (χ0n) is 10.9. The van der Waals surface area contributed by atoms with Crippen LogP contribution >= 0.6 is 0 Å². The van der Waals surface area contributed by atoms with Gasteiger partial charge in [-0.15, -0.1) is 0 Å². The van der Waals surface area contributed by atoms with E-state index in [0.717, 1.165) is 0 Å². The molecule has 1 aliphatic heterocycles. The number of ether oxygens (including phenoxy) is 3. The molecular weight excluding hydrogens is 236 g/mol. The van der Waals surface area contributed by atoms with Crippen molar-refractivity contribution in [2.24, 2.45) is 0 Å². The van der Waals surface area contributed by atoms with Gasteiger partial charge in [0, 0.05) is 11.6 Å². The summed E-state index contributed by atoms with van der Waals surface area (Å²) in [6, 6.07) is 3.28. The highest BCUT2D eigenvalue weighted by molar-refractivity contribution is 5.53. The van der Waals surface area contributed by atoms with E-state index in [2.05, 4.69) is 0 Å². The highest BCUT2D eigenvalue weighted by atomic mass is 16.5. The van der Waals surface area contributed by atoms with E-state index in [4.69, 9.17) is 14.2 Å². The van der Waals surface area contributed by atoms with Gasteiger partial charge in [0.2, 0.25) is 0 Å². The molecule has 5 heteroatoms.